The minimum atomic E-state index is -1.68. The van der Waals surface area contributed by atoms with Gasteiger partial charge < -0.3 is 8.85 Å². The Hall–Kier alpha value is 0.354. The molecular weight excluding hydrogens is 328 g/mol. The highest BCUT2D eigenvalue weighted by molar-refractivity contribution is 6.74. The van der Waals surface area contributed by atoms with Gasteiger partial charge in [-0.25, -0.2) is 0 Å². The van der Waals surface area contributed by atoms with Crippen LogP contribution in [-0.4, -0.2) is 29.3 Å². The smallest absolute Gasteiger partial charge is 0.192 e. The van der Waals surface area contributed by atoms with Crippen LogP contribution in [0.15, 0.2) is 0 Å². The highest BCUT2D eigenvalue weighted by Crippen LogP contribution is 2.43. The molecule has 0 N–H and O–H groups in total. The van der Waals surface area contributed by atoms with Crippen molar-refractivity contribution in [3.8, 4) is 0 Å². The normalized spacial score (nSPS) is 26.9. The van der Waals surface area contributed by atoms with Crippen LogP contribution in [0.3, 0.4) is 0 Å². The molecule has 0 bridgehead atoms. The van der Waals surface area contributed by atoms with Gasteiger partial charge in [0, 0.05) is 12.7 Å². The number of hydrogen-bond acceptors (Lipinski definition) is 2. The van der Waals surface area contributed by atoms with Gasteiger partial charge in [-0.3, -0.25) is 0 Å². The van der Waals surface area contributed by atoms with Crippen molar-refractivity contribution in [1.82, 2.24) is 0 Å². The maximum Gasteiger partial charge on any atom is 0.192 e. The maximum atomic E-state index is 6.79. The molecular formula is C20H44O2Si2. The van der Waals surface area contributed by atoms with Crippen LogP contribution in [0, 0.1) is 11.8 Å². The Morgan fingerprint density at radius 1 is 0.833 bits per heavy atom. The summed E-state index contributed by atoms with van der Waals surface area (Å²) >= 11 is 0. The Morgan fingerprint density at radius 2 is 1.33 bits per heavy atom. The monoisotopic (exact) mass is 372 g/mol. The Kier molecular flexibility index (Phi) is 7.03. The summed E-state index contributed by atoms with van der Waals surface area (Å²) in [7, 11) is -3.30. The molecule has 0 radical (unpaired) electrons. The molecule has 1 saturated carbocycles. The Labute approximate surface area is 154 Å². The zero-order valence-corrected chi connectivity index (χ0v) is 20.4. The van der Waals surface area contributed by atoms with E-state index in [0.717, 1.165) is 18.9 Å². The molecule has 0 aromatic heterocycles. The molecule has 0 heterocycles. The lowest BCUT2D eigenvalue weighted by molar-refractivity contribution is 0.121. The van der Waals surface area contributed by atoms with E-state index >= 15 is 0 Å². The van der Waals surface area contributed by atoms with E-state index in [4.69, 9.17) is 8.85 Å². The summed E-state index contributed by atoms with van der Waals surface area (Å²) < 4.78 is 13.2. The minimum Gasteiger partial charge on any atom is -0.417 e. The van der Waals surface area contributed by atoms with E-state index in [1.54, 1.807) is 0 Å². The van der Waals surface area contributed by atoms with Gasteiger partial charge >= 0.3 is 0 Å². The van der Waals surface area contributed by atoms with Crippen LogP contribution in [0.25, 0.3) is 0 Å². The summed E-state index contributed by atoms with van der Waals surface area (Å²) in [4.78, 5) is 0. The quantitative estimate of drug-likeness (QED) is 0.475. The van der Waals surface area contributed by atoms with E-state index in [1.807, 2.05) is 0 Å². The maximum absolute atomic E-state index is 6.79. The lowest BCUT2D eigenvalue weighted by atomic mass is 10.0. The lowest BCUT2D eigenvalue weighted by Crippen LogP contribution is -2.45. The van der Waals surface area contributed by atoms with E-state index in [2.05, 4.69) is 74.7 Å². The van der Waals surface area contributed by atoms with Crippen molar-refractivity contribution in [2.45, 2.75) is 110 Å². The second-order valence-electron chi connectivity index (χ2n) is 11.2. The lowest BCUT2D eigenvalue weighted by Gasteiger charge is -2.40. The van der Waals surface area contributed by atoms with Crippen LogP contribution in [0.5, 0.6) is 0 Å². The number of hydrogen-bond donors (Lipinski definition) is 0. The van der Waals surface area contributed by atoms with Crippen molar-refractivity contribution in [2.75, 3.05) is 6.61 Å². The molecule has 4 heteroatoms. The standard InChI is InChI=1S/C20H44O2Si2/c1-16-14-17(12-13-21-23(8,9)19(2,3)4)18(15-16)22-24(10,11)20(5,6)7/h16-18H,12-15H2,1-11H3/t16-,17-,18+/m1/s1. The van der Waals surface area contributed by atoms with Crippen LogP contribution in [0.2, 0.25) is 36.3 Å². The van der Waals surface area contributed by atoms with Crippen LogP contribution in [0.4, 0.5) is 0 Å². The molecule has 0 aromatic rings. The van der Waals surface area contributed by atoms with Crippen molar-refractivity contribution in [1.29, 1.82) is 0 Å². The first kappa shape index (κ1) is 22.4. The fourth-order valence-electron chi connectivity index (χ4n) is 3.04. The zero-order chi connectivity index (χ0) is 19.0. The van der Waals surface area contributed by atoms with Gasteiger partial charge in [0.1, 0.15) is 0 Å². The molecule has 1 fully saturated rings. The summed E-state index contributed by atoms with van der Waals surface area (Å²) in [6, 6.07) is 0. The first-order chi connectivity index (χ1) is 10.6. The van der Waals surface area contributed by atoms with E-state index in [1.165, 1.54) is 12.8 Å². The van der Waals surface area contributed by atoms with Crippen LogP contribution >= 0.6 is 0 Å². The van der Waals surface area contributed by atoms with E-state index in [0.29, 0.717) is 22.1 Å². The Bertz CT molecular complexity index is 405. The summed E-state index contributed by atoms with van der Waals surface area (Å²) in [5.74, 6) is 1.47. The molecule has 2 nitrogen and oxygen atoms in total. The third kappa shape index (κ3) is 5.68. The predicted octanol–water partition coefficient (Wildman–Crippen LogP) is 6.83. The molecule has 0 unspecified atom stereocenters. The van der Waals surface area contributed by atoms with E-state index in [-0.39, 0.29) is 0 Å². The molecule has 0 spiro atoms. The molecule has 24 heavy (non-hydrogen) atoms. The first-order valence-corrected chi connectivity index (χ1v) is 15.7. The predicted molar refractivity (Wildman–Crippen MR) is 112 cm³/mol. The second-order valence-corrected chi connectivity index (χ2v) is 20.7. The summed E-state index contributed by atoms with van der Waals surface area (Å²) in [6.07, 6.45) is 4.15. The highest BCUT2D eigenvalue weighted by Gasteiger charge is 2.43. The Balaban J connectivity index is 2.64. The Morgan fingerprint density at radius 3 is 1.79 bits per heavy atom. The van der Waals surface area contributed by atoms with Gasteiger partial charge in [0.05, 0.1) is 0 Å². The van der Waals surface area contributed by atoms with Gasteiger partial charge in [-0.15, -0.1) is 0 Å². The van der Waals surface area contributed by atoms with E-state index < -0.39 is 16.6 Å². The molecule has 1 rings (SSSR count). The van der Waals surface area contributed by atoms with Crippen molar-refractivity contribution >= 4 is 16.6 Å². The third-order valence-corrected chi connectivity index (χ3v) is 15.9. The SMILES string of the molecule is C[C@@H]1C[C@@H](CCO[Si](C)(C)C(C)(C)C)[C@@H](O[Si](C)(C)C(C)(C)C)C1. The molecule has 1 aliphatic carbocycles. The van der Waals surface area contributed by atoms with E-state index in [9.17, 15) is 0 Å². The number of rotatable bonds is 6. The molecule has 3 atom stereocenters. The zero-order valence-electron chi connectivity index (χ0n) is 18.4. The second kappa shape index (κ2) is 7.54. The van der Waals surface area contributed by atoms with Gasteiger partial charge in [-0.05, 0) is 67.4 Å². The van der Waals surface area contributed by atoms with Gasteiger partial charge in [-0.1, -0.05) is 48.5 Å². The average molecular weight is 373 g/mol. The molecule has 1 aliphatic rings. The minimum absolute atomic E-state index is 0.293. The average Bonchev–Trinajstić information content (AvgIpc) is 2.65. The van der Waals surface area contributed by atoms with Gasteiger partial charge in [0.25, 0.3) is 0 Å². The summed E-state index contributed by atoms with van der Waals surface area (Å²) in [6.45, 7) is 26.8. The molecule has 0 amide bonds. The van der Waals surface area contributed by atoms with Crippen molar-refractivity contribution in [3.05, 3.63) is 0 Å². The topological polar surface area (TPSA) is 18.5 Å². The first-order valence-electron chi connectivity index (χ1n) is 9.88. The molecule has 144 valence electrons. The van der Waals surface area contributed by atoms with Gasteiger partial charge in [0.2, 0.25) is 0 Å². The molecule has 0 aliphatic heterocycles. The van der Waals surface area contributed by atoms with Crippen LogP contribution in [0.1, 0.15) is 67.7 Å². The third-order valence-electron chi connectivity index (χ3n) is 6.88. The van der Waals surface area contributed by atoms with Crippen LogP contribution < -0.4 is 0 Å². The molecule has 0 saturated heterocycles. The summed E-state index contributed by atoms with van der Waals surface area (Å²) in [5, 5.41) is 0.591. The van der Waals surface area contributed by atoms with Gasteiger partial charge in [0.15, 0.2) is 16.6 Å². The van der Waals surface area contributed by atoms with Crippen LogP contribution in [-0.2, 0) is 8.85 Å². The molecule has 0 aromatic carbocycles. The highest BCUT2D eigenvalue weighted by atomic mass is 28.4. The van der Waals surface area contributed by atoms with Crippen molar-refractivity contribution < 1.29 is 8.85 Å². The van der Waals surface area contributed by atoms with Gasteiger partial charge in [-0.2, -0.15) is 0 Å². The largest absolute Gasteiger partial charge is 0.417 e. The van der Waals surface area contributed by atoms with Crippen molar-refractivity contribution in [3.63, 3.8) is 0 Å². The van der Waals surface area contributed by atoms with Crippen molar-refractivity contribution in [2.24, 2.45) is 11.8 Å². The fourth-order valence-corrected chi connectivity index (χ4v) is 5.50. The fraction of sp³-hybridized carbons (Fsp3) is 1.00. The summed E-state index contributed by atoms with van der Waals surface area (Å²) in [5.41, 5.74) is 0.